The zero-order chi connectivity index (χ0) is 13.3. The van der Waals surface area contributed by atoms with Crippen LogP contribution in [0, 0.1) is 20.8 Å². The first-order valence-corrected chi connectivity index (χ1v) is 6.59. The van der Waals surface area contributed by atoms with Crippen molar-refractivity contribution >= 4 is 27.5 Å². The summed E-state index contributed by atoms with van der Waals surface area (Å²) in [4.78, 5) is 8.34. The van der Waals surface area contributed by atoms with Crippen LogP contribution in [0.4, 0.5) is 0 Å². The van der Waals surface area contributed by atoms with Gasteiger partial charge in [0.25, 0.3) is 0 Å². The van der Waals surface area contributed by atoms with Crippen LogP contribution in [0.15, 0.2) is 22.7 Å². The standard InChI is InChI=1S/C13H12BrClN2O/c1-7-6-10(14)4-5-11(7)18-13-8(2)12(15)16-9(3)17-13/h4-6H,1-3H3. The lowest BCUT2D eigenvalue weighted by Crippen LogP contribution is -1.98. The highest BCUT2D eigenvalue weighted by atomic mass is 79.9. The Balaban J connectivity index is 2.40. The first-order valence-electron chi connectivity index (χ1n) is 5.42. The van der Waals surface area contributed by atoms with Gasteiger partial charge in [-0.1, -0.05) is 27.5 Å². The SMILES string of the molecule is Cc1nc(Cl)c(C)c(Oc2ccc(Br)cc2C)n1. The summed E-state index contributed by atoms with van der Waals surface area (Å²) in [6.07, 6.45) is 0. The van der Waals surface area contributed by atoms with E-state index in [4.69, 9.17) is 16.3 Å². The molecule has 3 nitrogen and oxygen atoms in total. The summed E-state index contributed by atoms with van der Waals surface area (Å²) in [5, 5.41) is 0.423. The van der Waals surface area contributed by atoms with Gasteiger partial charge < -0.3 is 4.74 Å². The number of hydrogen-bond acceptors (Lipinski definition) is 3. The highest BCUT2D eigenvalue weighted by Gasteiger charge is 2.11. The molecule has 0 unspecified atom stereocenters. The molecule has 0 aliphatic rings. The molecule has 0 atom stereocenters. The highest BCUT2D eigenvalue weighted by molar-refractivity contribution is 9.10. The molecule has 94 valence electrons. The zero-order valence-corrected chi connectivity index (χ0v) is 12.6. The molecule has 1 aromatic carbocycles. The lowest BCUT2D eigenvalue weighted by molar-refractivity contribution is 0.452. The molecule has 0 saturated carbocycles. The second-order valence-corrected chi connectivity index (χ2v) is 5.28. The predicted molar refractivity (Wildman–Crippen MR) is 75.5 cm³/mol. The van der Waals surface area contributed by atoms with Crippen LogP contribution >= 0.6 is 27.5 Å². The maximum absolute atomic E-state index is 6.01. The van der Waals surface area contributed by atoms with E-state index < -0.39 is 0 Å². The molecule has 1 heterocycles. The topological polar surface area (TPSA) is 35.0 Å². The average molecular weight is 328 g/mol. The molecule has 1 aromatic heterocycles. The van der Waals surface area contributed by atoms with E-state index in [1.807, 2.05) is 32.0 Å². The third-order valence-corrected chi connectivity index (χ3v) is 3.36. The molecule has 0 saturated heterocycles. The number of hydrogen-bond donors (Lipinski definition) is 0. The smallest absolute Gasteiger partial charge is 0.226 e. The van der Waals surface area contributed by atoms with Crippen molar-refractivity contribution in [3.8, 4) is 11.6 Å². The van der Waals surface area contributed by atoms with Crippen LogP contribution in [-0.2, 0) is 0 Å². The lowest BCUT2D eigenvalue weighted by atomic mass is 10.2. The Morgan fingerprint density at radius 2 is 1.89 bits per heavy atom. The number of aryl methyl sites for hydroxylation is 2. The Kier molecular flexibility index (Phi) is 3.88. The van der Waals surface area contributed by atoms with E-state index in [1.165, 1.54) is 0 Å². The van der Waals surface area contributed by atoms with Crippen molar-refractivity contribution in [1.29, 1.82) is 0 Å². The number of ether oxygens (including phenoxy) is 1. The van der Waals surface area contributed by atoms with E-state index in [0.29, 0.717) is 16.9 Å². The van der Waals surface area contributed by atoms with Crippen molar-refractivity contribution in [3.63, 3.8) is 0 Å². The molecule has 0 aliphatic carbocycles. The molecule has 0 spiro atoms. The summed E-state index contributed by atoms with van der Waals surface area (Å²) in [5.41, 5.74) is 1.76. The molecule has 0 radical (unpaired) electrons. The quantitative estimate of drug-likeness (QED) is 0.756. The van der Waals surface area contributed by atoms with Gasteiger partial charge in [0.15, 0.2) is 0 Å². The van der Waals surface area contributed by atoms with Crippen LogP contribution in [0.25, 0.3) is 0 Å². The molecular weight excluding hydrogens is 316 g/mol. The predicted octanol–water partition coefficient (Wildman–Crippen LogP) is 4.61. The van der Waals surface area contributed by atoms with Crippen molar-refractivity contribution in [3.05, 3.63) is 44.8 Å². The molecule has 0 fully saturated rings. The number of halogens is 2. The molecule has 2 aromatic rings. The molecular formula is C13H12BrClN2O. The van der Waals surface area contributed by atoms with Crippen molar-refractivity contribution < 1.29 is 4.74 Å². The first kappa shape index (κ1) is 13.3. The molecule has 18 heavy (non-hydrogen) atoms. The van der Waals surface area contributed by atoms with Crippen LogP contribution in [0.2, 0.25) is 5.15 Å². The molecule has 0 aliphatic heterocycles. The largest absolute Gasteiger partial charge is 0.438 e. The number of aromatic nitrogens is 2. The van der Waals surface area contributed by atoms with E-state index in [-0.39, 0.29) is 0 Å². The maximum Gasteiger partial charge on any atom is 0.226 e. The van der Waals surface area contributed by atoms with E-state index in [1.54, 1.807) is 6.92 Å². The fraction of sp³-hybridized carbons (Fsp3) is 0.231. The van der Waals surface area contributed by atoms with Crippen LogP contribution < -0.4 is 4.74 Å². The minimum atomic E-state index is 0.423. The Bertz CT molecular complexity index is 602. The Morgan fingerprint density at radius 1 is 1.17 bits per heavy atom. The van der Waals surface area contributed by atoms with Gasteiger partial charge in [0.05, 0.1) is 0 Å². The normalized spacial score (nSPS) is 10.5. The van der Waals surface area contributed by atoms with Crippen LogP contribution in [0.1, 0.15) is 17.0 Å². The summed E-state index contributed by atoms with van der Waals surface area (Å²) in [6, 6.07) is 5.80. The third-order valence-electron chi connectivity index (χ3n) is 2.50. The Labute approximate surface area is 119 Å². The van der Waals surface area contributed by atoms with Gasteiger partial charge in [0.1, 0.15) is 16.7 Å². The van der Waals surface area contributed by atoms with Crippen LogP contribution in [0.5, 0.6) is 11.6 Å². The fourth-order valence-electron chi connectivity index (χ4n) is 1.50. The van der Waals surface area contributed by atoms with Gasteiger partial charge in [-0.25, -0.2) is 4.98 Å². The summed E-state index contributed by atoms with van der Waals surface area (Å²) in [5.74, 6) is 1.85. The van der Waals surface area contributed by atoms with E-state index in [2.05, 4.69) is 25.9 Å². The van der Waals surface area contributed by atoms with E-state index in [0.717, 1.165) is 21.3 Å². The summed E-state index contributed by atoms with van der Waals surface area (Å²) >= 11 is 9.43. The van der Waals surface area contributed by atoms with Crippen LogP contribution in [0.3, 0.4) is 0 Å². The van der Waals surface area contributed by atoms with Crippen LogP contribution in [-0.4, -0.2) is 9.97 Å². The second kappa shape index (κ2) is 5.24. The highest BCUT2D eigenvalue weighted by Crippen LogP contribution is 2.30. The number of rotatable bonds is 2. The van der Waals surface area contributed by atoms with Crippen molar-refractivity contribution in [2.45, 2.75) is 20.8 Å². The molecule has 0 bridgehead atoms. The number of benzene rings is 1. The van der Waals surface area contributed by atoms with Gasteiger partial charge in [0.2, 0.25) is 5.88 Å². The molecule has 0 N–H and O–H groups in total. The van der Waals surface area contributed by atoms with Gasteiger partial charge in [-0.3, -0.25) is 0 Å². The minimum Gasteiger partial charge on any atom is -0.438 e. The average Bonchev–Trinajstić information content (AvgIpc) is 2.29. The second-order valence-electron chi connectivity index (χ2n) is 4.00. The van der Waals surface area contributed by atoms with Gasteiger partial charge in [-0.15, -0.1) is 0 Å². The summed E-state index contributed by atoms with van der Waals surface area (Å²) in [6.45, 7) is 5.60. The van der Waals surface area contributed by atoms with Crippen molar-refractivity contribution in [1.82, 2.24) is 9.97 Å². The molecule has 0 amide bonds. The maximum atomic E-state index is 6.01. The summed E-state index contributed by atoms with van der Waals surface area (Å²) in [7, 11) is 0. The van der Waals surface area contributed by atoms with Gasteiger partial charge >= 0.3 is 0 Å². The first-order chi connectivity index (χ1) is 8.47. The molecule has 2 rings (SSSR count). The van der Waals surface area contributed by atoms with Crippen molar-refractivity contribution in [2.24, 2.45) is 0 Å². The zero-order valence-electron chi connectivity index (χ0n) is 10.3. The van der Waals surface area contributed by atoms with Gasteiger partial charge in [0, 0.05) is 10.0 Å². The van der Waals surface area contributed by atoms with Gasteiger partial charge in [-0.2, -0.15) is 4.98 Å². The Hall–Kier alpha value is -1.13. The third kappa shape index (κ3) is 2.82. The fourth-order valence-corrected chi connectivity index (χ4v) is 2.18. The monoisotopic (exact) mass is 326 g/mol. The number of nitrogens with zero attached hydrogens (tertiary/aromatic N) is 2. The van der Waals surface area contributed by atoms with Gasteiger partial charge in [-0.05, 0) is 44.5 Å². The summed E-state index contributed by atoms with van der Waals surface area (Å²) < 4.78 is 6.81. The Morgan fingerprint density at radius 3 is 2.56 bits per heavy atom. The molecule has 5 heteroatoms. The lowest BCUT2D eigenvalue weighted by Gasteiger charge is -2.11. The van der Waals surface area contributed by atoms with E-state index >= 15 is 0 Å². The minimum absolute atomic E-state index is 0.423. The van der Waals surface area contributed by atoms with E-state index in [9.17, 15) is 0 Å². The van der Waals surface area contributed by atoms with Crippen molar-refractivity contribution in [2.75, 3.05) is 0 Å².